The molecule has 1 unspecified atom stereocenters. The Bertz CT molecular complexity index is 390. The Morgan fingerprint density at radius 1 is 1.17 bits per heavy atom. The lowest BCUT2D eigenvalue weighted by molar-refractivity contribution is -0.132. The van der Waals surface area contributed by atoms with Gasteiger partial charge in [0.05, 0.1) is 12.1 Å². The van der Waals surface area contributed by atoms with E-state index in [0.29, 0.717) is 5.75 Å². The molecular weight excluding hydrogens is 240 g/mol. The molecule has 0 radical (unpaired) electrons. The van der Waals surface area contributed by atoms with Gasteiger partial charge in [0.25, 0.3) is 5.91 Å². The number of benzene rings is 1. The summed E-state index contributed by atoms with van der Waals surface area (Å²) in [6.45, 7) is 5.48. The minimum Gasteiger partial charge on any atom is -0.491 e. The minimum absolute atomic E-state index is 0.0757. The Labute approximate surface area is 105 Å². The summed E-state index contributed by atoms with van der Waals surface area (Å²) < 4.78 is 29.6. The molecule has 1 atom stereocenters. The van der Waals surface area contributed by atoms with Crippen molar-refractivity contribution in [2.75, 3.05) is 0 Å². The highest BCUT2D eigenvalue weighted by Crippen LogP contribution is 2.18. The van der Waals surface area contributed by atoms with E-state index < -0.39 is 18.4 Å². The van der Waals surface area contributed by atoms with Crippen LogP contribution >= 0.6 is 0 Å². The van der Waals surface area contributed by atoms with Crippen LogP contribution in [0.1, 0.15) is 32.4 Å². The fourth-order valence-electron chi connectivity index (χ4n) is 1.47. The third-order valence-corrected chi connectivity index (χ3v) is 2.31. The van der Waals surface area contributed by atoms with Gasteiger partial charge in [0.2, 0.25) is 0 Å². The normalized spacial score (nSPS) is 12.6. The summed E-state index contributed by atoms with van der Waals surface area (Å²) in [5.74, 6) is -0.550. The van der Waals surface area contributed by atoms with Crippen molar-refractivity contribution in [3.05, 3.63) is 29.8 Å². The maximum absolute atomic E-state index is 12.1. The molecule has 18 heavy (non-hydrogen) atoms. The summed E-state index contributed by atoms with van der Waals surface area (Å²) in [6.07, 6.45) is -2.91. The van der Waals surface area contributed by atoms with Crippen molar-refractivity contribution in [1.29, 1.82) is 0 Å². The molecule has 100 valence electrons. The number of hydrogen-bond acceptors (Lipinski definition) is 2. The van der Waals surface area contributed by atoms with Gasteiger partial charge < -0.3 is 10.1 Å². The van der Waals surface area contributed by atoms with Crippen LogP contribution in [0.25, 0.3) is 0 Å². The highest BCUT2D eigenvalue weighted by atomic mass is 19.3. The maximum atomic E-state index is 12.1. The lowest BCUT2D eigenvalue weighted by atomic mass is 10.1. The number of hydrogen-bond donors (Lipinski definition) is 1. The summed E-state index contributed by atoms with van der Waals surface area (Å²) in [5, 5.41) is 2.23. The number of nitrogens with one attached hydrogen (secondary N) is 1. The van der Waals surface area contributed by atoms with Crippen LogP contribution < -0.4 is 10.1 Å². The third-order valence-electron chi connectivity index (χ3n) is 2.31. The number of carbonyl (C=O) groups is 1. The number of alkyl halides is 2. The average Bonchev–Trinajstić information content (AvgIpc) is 2.28. The van der Waals surface area contributed by atoms with Crippen LogP contribution in [0.2, 0.25) is 0 Å². The summed E-state index contributed by atoms with van der Waals surface area (Å²) in [7, 11) is 0. The molecule has 1 amide bonds. The molecule has 3 nitrogen and oxygen atoms in total. The highest BCUT2D eigenvalue weighted by molar-refractivity contribution is 5.79. The second-order valence-corrected chi connectivity index (χ2v) is 4.27. The predicted molar refractivity (Wildman–Crippen MR) is 64.8 cm³/mol. The fraction of sp³-hybridized carbons (Fsp3) is 0.462. The molecule has 0 heterocycles. The van der Waals surface area contributed by atoms with Gasteiger partial charge in [-0.3, -0.25) is 4.79 Å². The number of amides is 1. The molecule has 0 saturated heterocycles. The van der Waals surface area contributed by atoms with E-state index in [1.54, 1.807) is 31.2 Å². The zero-order chi connectivity index (χ0) is 13.7. The molecule has 1 aromatic rings. The van der Waals surface area contributed by atoms with Crippen LogP contribution in [0.4, 0.5) is 8.78 Å². The van der Waals surface area contributed by atoms with Gasteiger partial charge in [0, 0.05) is 0 Å². The molecule has 0 aliphatic rings. The minimum atomic E-state index is -2.99. The number of carbonyl (C=O) groups excluding carboxylic acids is 1. The Balaban J connectivity index is 2.64. The van der Waals surface area contributed by atoms with E-state index in [2.05, 4.69) is 5.32 Å². The summed E-state index contributed by atoms with van der Waals surface area (Å²) in [4.78, 5) is 10.9. The van der Waals surface area contributed by atoms with Crippen molar-refractivity contribution >= 4 is 5.91 Å². The maximum Gasteiger partial charge on any atom is 0.315 e. The predicted octanol–water partition coefficient (Wildman–Crippen LogP) is 2.92. The van der Waals surface area contributed by atoms with Crippen LogP contribution in [0.3, 0.4) is 0 Å². The number of rotatable bonds is 5. The molecule has 1 rings (SSSR count). The van der Waals surface area contributed by atoms with E-state index in [1.807, 2.05) is 13.8 Å². The van der Waals surface area contributed by atoms with Gasteiger partial charge in [-0.2, -0.15) is 8.78 Å². The van der Waals surface area contributed by atoms with E-state index in [1.165, 1.54) is 0 Å². The van der Waals surface area contributed by atoms with Crippen LogP contribution in [-0.4, -0.2) is 18.4 Å². The van der Waals surface area contributed by atoms with Crippen molar-refractivity contribution < 1.29 is 18.3 Å². The molecule has 0 fully saturated rings. The van der Waals surface area contributed by atoms with Crippen molar-refractivity contribution in [2.45, 2.75) is 39.3 Å². The summed E-state index contributed by atoms with van der Waals surface area (Å²) >= 11 is 0. The smallest absolute Gasteiger partial charge is 0.315 e. The molecule has 0 bridgehead atoms. The molecule has 0 aliphatic carbocycles. The first-order chi connectivity index (χ1) is 8.40. The fourth-order valence-corrected chi connectivity index (χ4v) is 1.47. The number of ether oxygens (including phenoxy) is 1. The molecule has 0 aliphatic heterocycles. The van der Waals surface area contributed by atoms with Crippen molar-refractivity contribution in [1.82, 2.24) is 5.32 Å². The van der Waals surface area contributed by atoms with Crippen LogP contribution in [0, 0.1) is 0 Å². The largest absolute Gasteiger partial charge is 0.491 e. The second-order valence-electron chi connectivity index (χ2n) is 4.27. The summed E-state index contributed by atoms with van der Waals surface area (Å²) in [6, 6.07) is 6.53. The van der Waals surface area contributed by atoms with E-state index in [4.69, 9.17) is 4.74 Å². The molecule has 0 aromatic heterocycles. The standard InChI is InChI=1S/C13H17F2NO2/c1-8(2)18-11-6-4-10(5-7-11)9(3)16-13(17)12(14)15/h4-9,12H,1-3H3,(H,16,17). The highest BCUT2D eigenvalue weighted by Gasteiger charge is 2.18. The second kappa shape index (κ2) is 6.33. The first-order valence-electron chi connectivity index (χ1n) is 5.75. The Hall–Kier alpha value is -1.65. The quantitative estimate of drug-likeness (QED) is 0.880. The molecule has 0 saturated carbocycles. The van der Waals surface area contributed by atoms with Crippen LogP contribution in [0.5, 0.6) is 5.75 Å². The zero-order valence-electron chi connectivity index (χ0n) is 10.6. The van der Waals surface area contributed by atoms with Gasteiger partial charge in [-0.05, 0) is 38.5 Å². The van der Waals surface area contributed by atoms with Crippen LogP contribution in [-0.2, 0) is 4.79 Å². The first kappa shape index (κ1) is 14.4. The summed E-state index contributed by atoms with van der Waals surface area (Å²) in [5.41, 5.74) is 0.750. The molecule has 5 heteroatoms. The van der Waals surface area contributed by atoms with E-state index in [9.17, 15) is 13.6 Å². The zero-order valence-corrected chi connectivity index (χ0v) is 10.6. The lowest BCUT2D eigenvalue weighted by Gasteiger charge is -2.15. The SMILES string of the molecule is CC(C)Oc1ccc(C(C)NC(=O)C(F)F)cc1. The topological polar surface area (TPSA) is 38.3 Å². The first-order valence-corrected chi connectivity index (χ1v) is 5.75. The molecular formula is C13H17F2NO2. The van der Waals surface area contributed by atoms with Crippen LogP contribution in [0.15, 0.2) is 24.3 Å². The Morgan fingerprint density at radius 2 is 1.72 bits per heavy atom. The van der Waals surface area contributed by atoms with Crippen molar-refractivity contribution in [3.63, 3.8) is 0 Å². The average molecular weight is 257 g/mol. The van der Waals surface area contributed by atoms with E-state index in [0.717, 1.165) is 5.56 Å². The van der Waals surface area contributed by atoms with Crippen molar-refractivity contribution in [2.24, 2.45) is 0 Å². The van der Waals surface area contributed by atoms with Gasteiger partial charge in [-0.25, -0.2) is 0 Å². The van der Waals surface area contributed by atoms with Gasteiger partial charge in [-0.15, -0.1) is 0 Å². The Kier molecular flexibility index (Phi) is 5.07. The molecule has 1 N–H and O–H groups in total. The van der Waals surface area contributed by atoms with Gasteiger partial charge in [0.15, 0.2) is 0 Å². The monoisotopic (exact) mass is 257 g/mol. The Morgan fingerprint density at radius 3 is 2.17 bits per heavy atom. The van der Waals surface area contributed by atoms with Crippen molar-refractivity contribution in [3.8, 4) is 5.75 Å². The van der Waals surface area contributed by atoms with E-state index in [-0.39, 0.29) is 6.10 Å². The number of halogens is 2. The van der Waals surface area contributed by atoms with Gasteiger partial charge >= 0.3 is 6.43 Å². The third kappa shape index (κ3) is 4.31. The van der Waals surface area contributed by atoms with Gasteiger partial charge in [0.1, 0.15) is 5.75 Å². The lowest BCUT2D eigenvalue weighted by Crippen LogP contribution is -2.31. The van der Waals surface area contributed by atoms with E-state index >= 15 is 0 Å². The molecule has 0 spiro atoms. The van der Waals surface area contributed by atoms with Gasteiger partial charge in [-0.1, -0.05) is 12.1 Å². The molecule has 1 aromatic carbocycles.